The van der Waals surface area contributed by atoms with E-state index < -0.39 is 0 Å². The van der Waals surface area contributed by atoms with E-state index in [1.54, 1.807) is 19.0 Å². The van der Waals surface area contributed by atoms with E-state index in [0.717, 1.165) is 30.7 Å². The van der Waals surface area contributed by atoms with Crippen molar-refractivity contribution in [1.82, 2.24) is 15.5 Å². The quantitative estimate of drug-likeness (QED) is 0.579. The molecule has 1 aromatic rings. The van der Waals surface area contributed by atoms with Crippen LogP contribution >= 0.6 is 0 Å². The van der Waals surface area contributed by atoms with Crippen LogP contribution in [0.3, 0.4) is 0 Å². The fourth-order valence-corrected chi connectivity index (χ4v) is 2.92. The lowest BCUT2D eigenvalue weighted by Gasteiger charge is -2.23. The molecule has 0 aromatic heterocycles. The average Bonchev–Trinajstić information content (AvgIpc) is 2.65. The Bertz CT molecular complexity index is 595. The second-order valence-corrected chi connectivity index (χ2v) is 6.86. The van der Waals surface area contributed by atoms with Crippen molar-refractivity contribution in [3.8, 4) is 5.75 Å². The van der Waals surface area contributed by atoms with Gasteiger partial charge >= 0.3 is 0 Å². The molecule has 0 radical (unpaired) electrons. The van der Waals surface area contributed by atoms with Gasteiger partial charge in [0.05, 0.1) is 19.2 Å². The molecule has 144 valence electrons. The van der Waals surface area contributed by atoms with Crippen LogP contribution in [0.1, 0.15) is 44.6 Å². The number of guanidine groups is 1. The van der Waals surface area contributed by atoms with Gasteiger partial charge in [0.15, 0.2) is 5.96 Å². The number of ether oxygens (including phenoxy) is 1. The zero-order chi connectivity index (χ0) is 18.8. The number of rotatable bonds is 7. The standard InChI is InChI=1S/C20H32N4O2/c1-4-21-20(23-15-19(25)24(2)3)22-14-16-9-8-12-18(13-16)26-17-10-6-5-7-11-17/h8-9,12-13,17H,4-7,10-11,14-15H2,1-3H3,(H2,21,22,23). The predicted octanol–water partition coefficient (Wildman–Crippen LogP) is 2.54. The van der Waals surface area contributed by atoms with E-state index in [-0.39, 0.29) is 12.5 Å². The van der Waals surface area contributed by atoms with Gasteiger partial charge in [0.25, 0.3) is 0 Å². The van der Waals surface area contributed by atoms with Crippen molar-refractivity contribution < 1.29 is 9.53 Å². The molecule has 2 rings (SSSR count). The number of aliphatic imine (C=N–C) groups is 1. The van der Waals surface area contributed by atoms with Crippen LogP contribution in [0.15, 0.2) is 29.3 Å². The molecule has 1 fully saturated rings. The highest BCUT2D eigenvalue weighted by Crippen LogP contribution is 2.24. The highest BCUT2D eigenvalue weighted by Gasteiger charge is 2.14. The van der Waals surface area contributed by atoms with Crippen LogP contribution < -0.4 is 15.4 Å². The van der Waals surface area contributed by atoms with Crippen molar-refractivity contribution >= 4 is 11.9 Å². The number of nitrogens with zero attached hydrogens (tertiary/aromatic N) is 2. The highest BCUT2D eigenvalue weighted by molar-refractivity contribution is 5.86. The van der Waals surface area contributed by atoms with E-state index in [2.05, 4.69) is 21.7 Å². The van der Waals surface area contributed by atoms with Crippen LogP contribution in [0.2, 0.25) is 0 Å². The maximum atomic E-state index is 11.7. The molecule has 6 heteroatoms. The third kappa shape index (κ3) is 6.94. The number of amides is 1. The van der Waals surface area contributed by atoms with Crippen LogP contribution in [0.5, 0.6) is 5.75 Å². The molecule has 0 atom stereocenters. The van der Waals surface area contributed by atoms with Crippen LogP contribution in [-0.4, -0.2) is 50.1 Å². The largest absolute Gasteiger partial charge is 0.490 e. The molecule has 1 saturated carbocycles. The minimum absolute atomic E-state index is 0.0125. The molecule has 1 aliphatic carbocycles. The molecule has 0 unspecified atom stereocenters. The van der Waals surface area contributed by atoms with Gasteiger partial charge in [0.1, 0.15) is 5.75 Å². The van der Waals surface area contributed by atoms with E-state index in [4.69, 9.17) is 4.74 Å². The van der Waals surface area contributed by atoms with Gasteiger partial charge in [-0.05, 0) is 50.3 Å². The minimum Gasteiger partial charge on any atom is -0.490 e. The first-order valence-electron chi connectivity index (χ1n) is 9.56. The van der Waals surface area contributed by atoms with Crippen LogP contribution in [0, 0.1) is 0 Å². The molecule has 0 spiro atoms. The van der Waals surface area contributed by atoms with E-state index in [1.807, 2.05) is 25.1 Å². The lowest BCUT2D eigenvalue weighted by Crippen LogP contribution is -2.42. The van der Waals surface area contributed by atoms with Crippen molar-refractivity contribution in [2.24, 2.45) is 4.99 Å². The second-order valence-electron chi connectivity index (χ2n) is 6.86. The zero-order valence-corrected chi connectivity index (χ0v) is 16.3. The van der Waals surface area contributed by atoms with Gasteiger partial charge in [-0.1, -0.05) is 18.6 Å². The molecular formula is C20H32N4O2. The summed E-state index contributed by atoms with van der Waals surface area (Å²) in [7, 11) is 3.48. The van der Waals surface area contributed by atoms with E-state index in [9.17, 15) is 4.79 Å². The number of likely N-dealkylation sites (N-methyl/N-ethyl adjacent to an activating group) is 1. The molecule has 1 aliphatic rings. The summed E-state index contributed by atoms with van der Waals surface area (Å²) in [5.74, 6) is 1.57. The van der Waals surface area contributed by atoms with Gasteiger partial charge in [0.2, 0.25) is 5.91 Å². The van der Waals surface area contributed by atoms with Gasteiger partial charge in [-0.15, -0.1) is 0 Å². The summed E-state index contributed by atoms with van der Waals surface area (Å²) in [6.45, 7) is 3.51. The van der Waals surface area contributed by atoms with Gasteiger partial charge in [-0.25, -0.2) is 4.99 Å². The molecule has 26 heavy (non-hydrogen) atoms. The fraction of sp³-hybridized carbons (Fsp3) is 0.600. The van der Waals surface area contributed by atoms with Crippen molar-refractivity contribution in [2.45, 2.75) is 51.7 Å². The van der Waals surface area contributed by atoms with Crippen molar-refractivity contribution in [2.75, 3.05) is 27.2 Å². The maximum absolute atomic E-state index is 11.7. The Morgan fingerprint density at radius 2 is 2.00 bits per heavy atom. The smallest absolute Gasteiger partial charge is 0.241 e. The van der Waals surface area contributed by atoms with E-state index in [1.165, 1.54) is 19.3 Å². The number of nitrogens with one attached hydrogen (secondary N) is 2. The minimum atomic E-state index is 0.0125. The maximum Gasteiger partial charge on any atom is 0.241 e. The van der Waals surface area contributed by atoms with Crippen molar-refractivity contribution in [3.63, 3.8) is 0 Å². The molecule has 0 heterocycles. The Hall–Kier alpha value is -2.24. The SMILES string of the molecule is CCNC(=NCc1cccc(OC2CCCCC2)c1)NCC(=O)N(C)C. The van der Waals surface area contributed by atoms with Gasteiger partial charge in [0, 0.05) is 20.6 Å². The number of benzene rings is 1. The molecule has 0 aliphatic heterocycles. The number of carbonyl (C=O) groups is 1. The normalized spacial score (nSPS) is 15.4. The Balaban J connectivity index is 1.92. The monoisotopic (exact) mass is 360 g/mol. The van der Waals surface area contributed by atoms with Gasteiger partial charge < -0.3 is 20.3 Å². The number of hydrogen-bond donors (Lipinski definition) is 2. The Labute approximate surface area is 157 Å². The molecular weight excluding hydrogens is 328 g/mol. The summed E-state index contributed by atoms with van der Waals surface area (Å²) in [6.07, 6.45) is 6.49. The number of carbonyl (C=O) groups excluding carboxylic acids is 1. The van der Waals surface area contributed by atoms with Crippen LogP contribution in [0.25, 0.3) is 0 Å². The van der Waals surface area contributed by atoms with Crippen LogP contribution in [0.4, 0.5) is 0 Å². The molecule has 6 nitrogen and oxygen atoms in total. The summed E-state index contributed by atoms with van der Waals surface area (Å²) in [5, 5.41) is 6.23. The van der Waals surface area contributed by atoms with Crippen molar-refractivity contribution in [3.05, 3.63) is 29.8 Å². The predicted molar refractivity (Wildman–Crippen MR) is 105 cm³/mol. The lowest BCUT2D eigenvalue weighted by atomic mass is 9.98. The summed E-state index contributed by atoms with van der Waals surface area (Å²) in [5.41, 5.74) is 1.09. The molecule has 1 aromatic carbocycles. The Kier molecular flexibility index (Phi) is 8.25. The average molecular weight is 361 g/mol. The first kappa shape index (κ1) is 20.1. The topological polar surface area (TPSA) is 66.0 Å². The molecule has 0 saturated heterocycles. The highest BCUT2D eigenvalue weighted by atomic mass is 16.5. The third-order valence-corrected chi connectivity index (χ3v) is 4.42. The van der Waals surface area contributed by atoms with Gasteiger partial charge in [-0.3, -0.25) is 4.79 Å². The third-order valence-electron chi connectivity index (χ3n) is 4.42. The Morgan fingerprint density at radius 1 is 1.23 bits per heavy atom. The van der Waals surface area contributed by atoms with E-state index in [0.29, 0.717) is 18.6 Å². The summed E-state index contributed by atoms with van der Waals surface area (Å²) < 4.78 is 6.13. The van der Waals surface area contributed by atoms with Crippen molar-refractivity contribution in [1.29, 1.82) is 0 Å². The molecule has 1 amide bonds. The van der Waals surface area contributed by atoms with Gasteiger partial charge in [-0.2, -0.15) is 0 Å². The molecule has 0 bridgehead atoms. The fourth-order valence-electron chi connectivity index (χ4n) is 2.92. The Morgan fingerprint density at radius 3 is 2.69 bits per heavy atom. The number of hydrogen-bond acceptors (Lipinski definition) is 3. The second kappa shape index (κ2) is 10.7. The van der Waals surface area contributed by atoms with Crippen LogP contribution in [-0.2, 0) is 11.3 Å². The summed E-state index contributed by atoms with van der Waals surface area (Å²) >= 11 is 0. The lowest BCUT2D eigenvalue weighted by molar-refractivity contribution is -0.127. The zero-order valence-electron chi connectivity index (χ0n) is 16.3. The first-order valence-corrected chi connectivity index (χ1v) is 9.56. The first-order chi connectivity index (χ1) is 12.6. The molecule has 2 N–H and O–H groups in total. The van der Waals surface area contributed by atoms with E-state index >= 15 is 0 Å². The summed E-state index contributed by atoms with van der Waals surface area (Å²) in [4.78, 5) is 17.9. The summed E-state index contributed by atoms with van der Waals surface area (Å²) in [6, 6.07) is 8.14.